The Hall–Kier alpha value is -2.61. The zero-order chi connectivity index (χ0) is 18.6. The summed E-state index contributed by atoms with van der Waals surface area (Å²) < 4.78 is 0. The molecule has 2 rings (SSSR count). The van der Waals surface area contributed by atoms with E-state index in [2.05, 4.69) is 16.0 Å². The van der Waals surface area contributed by atoms with Gasteiger partial charge in [-0.15, -0.1) is 0 Å². The Kier molecular flexibility index (Phi) is 5.63. The van der Waals surface area contributed by atoms with Crippen LogP contribution in [-0.4, -0.2) is 42.4 Å². The highest BCUT2D eigenvalue weighted by Crippen LogP contribution is 2.33. The van der Waals surface area contributed by atoms with E-state index in [1.165, 1.54) is 7.05 Å². The third kappa shape index (κ3) is 3.74. The summed E-state index contributed by atoms with van der Waals surface area (Å²) in [4.78, 5) is 48.8. The maximum atomic E-state index is 12.8. The molecule has 1 saturated heterocycles. The van der Waals surface area contributed by atoms with Gasteiger partial charge in [0.05, 0.1) is 0 Å². The van der Waals surface area contributed by atoms with Crippen molar-refractivity contribution in [2.45, 2.75) is 25.3 Å². The van der Waals surface area contributed by atoms with Gasteiger partial charge in [-0.25, -0.2) is 9.59 Å². The lowest BCUT2D eigenvalue weighted by atomic mass is 9.87. The minimum atomic E-state index is -1.18. The van der Waals surface area contributed by atoms with E-state index in [4.69, 9.17) is 11.6 Å². The highest BCUT2D eigenvalue weighted by Gasteiger charge is 2.51. The van der Waals surface area contributed by atoms with Crippen molar-refractivity contribution in [1.82, 2.24) is 20.9 Å². The van der Waals surface area contributed by atoms with Crippen LogP contribution in [0.25, 0.3) is 0 Å². The number of carbonyl (C=O) groups excluding carboxylic acids is 4. The van der Waals surface area contributed by atoms with Gasteiger partial charge >= 0.3 is 12.1 Å². The van der Waals surface area contributed by atoms with Crippen LogP contribution in [0.15, 0.2) is 24.3 Å². The molecular weight excluding hydrogens is 348 g/mol. The highest BCUT2D eigenvalue weighted by atomic mass is 35.5. The first-order valence-electron chi connectivity index (χ1n) is 7.75. The molecule has 1 aromatic carbocycles. The number of halogens is 1. The molecule has 8 nitrogen and oxygen atoms in total. The molecule has 0 aromatic heterocycles. The van der Waals surface area contributed by atoms with E-state index in [0.29, 0.717) is 17.0 Å². The summed E-state index contributed by atoms with van der Waals surface area (Å²) in [6, 6.07) is 5.44. The number of carbonyl (C=O) groups is 4. The second-order valence-corrected chi connectivity index (χ2v) is 5.97. The van der Waals surface area contributed by atoms with Crippen LogP contribution >= 0.6 is 11.6 Å². The van der Waals surface area contributed by atoms with Gasteiger partial charge in [0.25, 0.3) is 5.91 Å². The minimum absolute atomic E-state index is 0.122. The number of benzene rings is 1. The largest absolute Gasteiger partial charge is 0.341 e. The van der Waals surface area contributed by atoms with Crippen molar-refractivity contribution in [3.8, 4) is 0 Å². The second-order valence-electron chi connectivity index (χ2n) is 5.53. The van der Waals surface area contributed by atoms with Gasteiger partial charge in [-0.1, -0.05) is 30.7 Å². The molecule has 1 atom stereocenters. The lowest BCUT2D eigenvalue weighted by Gasteiger charge is -2.25. The van der Waals surface area contributed by atoms with Crippen molar-refractivity contribution in [2.75, 3.05) is 13.6 Å². The average Bonchev–Trinajstić information content (AvgIpc) is 2.84. The van der Waals surface area contributed by atoms with Crippen molar-refractivity contribution in [2.24, 2.45) is 0 Å². The molecule has 0 saturated carbocycles. The summed E-state index contributed by atoms with van der Waals surface area (Å²) >= 11 is 5.88. The van der Waals surface area contributed by atoms with E-state index < -0.39 is 29.4 Å². The molecule has 6 amide bonds. The SMILES string of the molecule is CCC1(c2ccc(Cl)cc2)NC(=O)N(CCC(=O)NC(=O)NC)C1=O. The summed E-state index contributed by atoms with van der Waals surface area (Å²) in [6.45, 7) is 1.66. The number of rotatable bonds is 5. The third-order valence-corrected chi connectivity index (χ3v) is 4.34. The van der Waals surface area contributed by atoms with Crippen LogP contribution in [-0.2, 0) is 15.1 Å². The molecule has 1 heterocycles. The predicted molar refractivity (Wildman–Crippen MR) is 90.9 cm³/mol. The van der Waals surface area contributed by atoms with Crippen molar-refractivity contribution in [3.63, 3.8) is 0 Å². The summed E-state index contributed by atoms with van der Waals surface area (Å²) in [5.74, 6) is -1.02. The van der Waals surface area contributed by atoms with Gasteiger partial charge in [0, 0.05) is 25.0 Å². The van der Waals surface area contributed by atoms with Crippen molar-refractivity contribution in [1.29, 1.82) is 0 Å². The van der Waals surface area contributed by atoms with Crippen LogP contribution in [0.2, 0.25) is 5.02 Å². The lowest BCUT2D eigenvalue weighted by Crippen LogP contribution is -2.44. The monoisotopic (exact) mass is 366 g/mol. The van der Waals surface area contributed by atoms with Crippen LogP contribution in [0.3, 0.4) is 0 Å². The van der Waals surface area contributed by atoms with Gasteiger partial charge in [-0.05, 0) is 24.1 Å². The number of hydrogen-bond donors (Lipinski definition) is 3. The molecule has 0 spiro atoms. The minimum Gasteiger partial charge on any atom is -0.341 e. The van der Waals surface area contributed by atoms with E-state index in [0.717, 1.165) is 4.90 Å². The summed E-state index contributed by atoms with van der Waals surface area (Å²) in [5.41, 5.74) is -0.561. The smallest absolute Gasteiger partial charge is 0.325 e. The number of nitrogens with zero attached hydrogens (tertiary/aromatic N) is 1. The van der Waals surface area contributed by atoms with E-state index in [1.54, 1.807) is 31.2 Å². The Morgan fingerprint density at radius 3 is 2.44 bits per heavy atom. The Morgan fingerprint density at radius 2 is 1.88 bits per heavy atom. The molecule has 1 aromatic rings. The standard InChI is InChI=1S/C16H19ClN4O4/c1-3-16(10-4-6-11(17)7-5-10)13(23)21(15(25)20-16)9-8-12(22)19-14(24)18-2/h4-7H,3,8-9H2,1-2H3,(H,20,25)(H2,18,19,22,24). The quantitative estimate of drug-likeness (QED) is 0.683. The summed E-state index contributed by atoms with van der Waals surface area (Å²) in [7, 11) is 1.38. The fourth-order valence-corrected chi connectivity index (χ4v) is 2.79. The third-order valence-electron chi connectivity index (χ3n) is 4.09. The van der Waals surface area contributed by atoms with Gasteiger partial charge in [0.1, 0.15) is 5.54 Å². The highest BCUT2D eigenvalue weighted by molar-refractivity contribution is 6.30. The molecule has 0 radical (unpaired) electrons. The molecule has 1 fully saturated rings. The number of hydrogen-bond acceptors (Lipinski definition) is 4. The molecule has 25 heavy (non-hydrogen) atoms. The first kappa shape index (κ1) is 18.7. The maximum absolute atomic E-state index is 12.8. The number of imide groups is 2. The van der Waals surface area contributed by atoms with E-state index in [1.807, 2.05) is 0 Å². The van der Waals surface area contributed by atoms with Crippen molar-refractivity contribution >= 4 is 35.5 Å². The molecule has 9 heteroatoms. The zero-order valence-corrected chi connectivity index (χ0v) is 14.6. The fraction of sp³-hybridized carbons (Fsp3) is 0.375. The van der Waals surface area contributed by atoms with Crippen LogP contribution in [0.1, 0.15) is 25.3 Å². The molecule has 1 unspecified atom stereocenters. The van der Waals surface area contributed by atoms with E-state index in [9.17, 15) is 19.2 Å². The summed E-state index contributed by atoms with van der Waals surface area (Å²) in [5, 5.41) is 7.57. The zero-order valence-electron chi connectivity index (χ0n) is 13.9. The molecule has 1 aliphatic rings. The van der Waals surface area contributed by atoms with Gasteiger partial charge < -0.3 is 10.6 Å². The van der Waals surface area contributed by atoms with Crippen LogP contribution in [0, 0.1) is 0 Å². The Labute approximate surface area is 149 Å². The van der Waals surface area contributed by atoms with Crippen molar-refractivity contribution in [3.05, 3.63) is 34.9 Å². The topological polar surface area (TPSA) is 108 Å². The predicted octanol–water partition coefficient (Wildman–Crippen LogP) is 1.34. The molecule has 0 aliphatic carbocycles. The van der Waals surface area contributed by atoms with Crippen LogP contribution < -0.4 is 16.0 Å². The number of amides is 6. The molecule has 134 valence electrons. The average molecular weight is 367 g/mol. The number of nitrogens with one attached hydrogen (secondary N) is 3. The fourth-order valence-electron chi connectivity index (χ4n) is 2.67. The molecule has 3 N–H and O–H groups in total. The van der Waals surface area contributed by atoms with Gasteiger partial charge in [-0.3, -0.25) is 19.8 Å². The van der Waals surface area contributed by atoms with Gasteiger partial charge in [0.15, 0.2) is 0 Å². The van der Waals surface area contributed by atoms with Gasteiger partial charge in [0.2, 0.25) is 5.91 Å². The van der Waals surface area contributed by atoms with Crippen LogP contribution in [0.5, 0.6) is 0 Å². The first-order valence-corrected chi connectivity index (χ1v) is 8.13. The number of urea groups is 2. The van der Waals surface area contributed by atoms with Gasteiger partial charge in [-0.2, -0.15) is 0 Å². The molecule has 0 bridgehead atoms. The normalized spacial score (nSPS) is 19.6. The van der Waals surface area contributed by atoms with Crippen molar-refractivity contribution < 1.29 is 19.2 Å². The van der Waals surface area contributed by atoms with E-state index >= 15 is 0 Å². The summed E-state index contributed by atoms with van der Waals surface area (Å²) in [6.07, 6.45) is 0.174. The first-order chi connectivity index (χ1) is 11.8. The van der Waals surface area contributed by atoms with E-state index in [-0.39, 0.29) is 13.0 Å². The maximum Gasteiger partial charge on any atom is 0.325 e. The molecule has 1 aliphatic heterocycles. The van der Waals surface area contributed by atoms with Crippen LogP contribution in [0.4, 0.5) is 9.59 Å². The lowest BCUT2D eigenvalue weighted by molar-refractivity contribution is -0.132. The molecular formula is C16H19ClN4O4. The second kappa shape index (κ2) is 7.52. The Morgan fingerprint density at radius 1 is 1.24 bits per heavy atom. The Bertz CT molecular complexity index is 707. The Balaban J connectivity index is 2.13.